The third-order valence-electron chi connectivity index (χ3n) is 0.554. The summed E-state index contributed by atoms with van der Waals surface area (Å²) in [5, 5.41) is 13.5. The van der Waals surface area contributed by atoms with Crippen LogP contribution in [0.15, 0.2) is 5.16 Å². The first kappa shape index (κ1) is 11.3. The van der Waals surface area contributed by atoms with Gasteiger partial charge in [0.1, 0.15) is 0 Å². The van der Waals surface area contributed by atoms with Crippen LogP contribution >= 0.6 is 0 Å². The summed E-state index contributed by atoms with van der Waals surface area (Å²) >= 11 is 0. The zero-order valence-corrected chi connectivity index (χ0v) is 6.60. The van der Waals surface area contributed by atoms with Crippen molar-refractivity contribution >= 4 is 5.71 Å². The highest BCUT2D eigenvalue weighted by Crippen LogP contribution is 1.62. The standard InChI is InChI=1S/C3H7NO.C3H9N/c1-3(2)4-5;1-3-4-2/h5H,1-2H3;4H,3H2,1-2H3. The molecule has 0 aliphatic heterocycles. The Balaban J connectivity index is 0. The van der Waals surface area contributed by atoms with Gasteiger partial charge < -0.3 is 10.5 Å². The lowest BCUT2D eigenvalue weighted by Gasteiger charge is -1.76. The molecule has 56 valence electrons. The van der Waals surface area contributed by atoms with Gasteiger partial charge in [-0.1, -0.05) is 12.1 Å². The second-order valence-corrected chi connectivity index (χ2v) is 1.75. The van der Waals surface area contributed by atoms with E-state index < -0.39 is 0 Å². The molecular weight excluding hydrogens is 116 g/mol. The Kier molecular flexibility index (Phi) is 13.0. The molecule has 0 heterocycles. The number of hydrogen-bond donors (Lipinski definition) is 2. The second-order valence-electron chi connectivity index (χ2n) is 1.75. The Morgan fingerprint density at radius 2 is 1.78 bits per heavy atom. The van der Waals surface area contributed by atoms with Gasteiger partial charge in [-0.05, 0) is 27.4 Å². The molecule has 0 aliphatic rings. The van der Waals surface area contributed by atoms with Crippen molar-refractivity contribution in [2.24, 2.45) is 5.16 Å². The number of hydrogen-bond acceptors (Lipinski definition) is 3. The molecule has 0 aliphatic carbocycles. The maximum Gasteiger partial charge on any atom is 0.0509 e. The third kappa shape index (κ3) is 37.1. The van der Waals surface area contributed by atoms with Crippen molar-refractivity contribution in [1.82, 2.24) is 5.32 Å². The minimum absolute atomic E-state index is 0.685. The lowest BCUT2D eigenvalue weighted by Crippen LogP contribution is -2.01. The predicted octanol–water partition coefficient (Wildman–Crippen LogP) is 1.08. The smallest absolute Gasteiger partial charge is 0.0509 e. The average molecular weight is 132 g/mol. The number of nitrogens with one attached hydrogen (secondary N) is 1. The van der Waals surface area contributed by atoms with Gasteiger partial charge in [0.2, 0.25) is 0 Å². The molecule has 0 bridgehead atoms. The van der Waals surface area contributed by atoms with Gasteiger partial charge in [0.05, 0.1) is 5.71 Å². The molecule has 0 aromatic carbocycles. The quantitative estimate of drug-likeness (QED) is 0.318. The van der Waals surface area contributed by atoms with Crippen molar-refractivity contribution < 1.29 is 5.21 Å². The topological polar surface area (TPSA) is 44.6 Å². The number of rotatable bonds is 1. The van der Waals surface area contributed by atoms with Gasteiger partial charge in [-0.3, -0.25) is 0 Å². The summed E-state index contributed by atoms with van der Waals surface area (Å²) in [5.74, 6) is 0. The molecule has 0 radical (unpaired) electrons. The van der Waals surface area contributed by atoms with Crippen LogP contribution < -0.4 is 5.32 Å². The fraction of sp³-hybridized carbons (Fsp3) is 0.833. The van der Waals surface area contributed by atoms with Crippen LogP contribution in [-0.2, 0) is 0 Å². The van der Waals surface area contributed by atoms with Crippen LogP contribution in [0.5, 0.6) is 0 Å². The minimum atomic E-state index is 0.685. The van der Waals surface area contributed by atoms with E-state index in [4.69, 9.17) is 5.21 Å². The van der Waals surface area contributed by atoms with Crippen molar-refractivity contribution in [3.63, 3.8) is 0 Å². The summed E-state index contributed by atoms with van der Waals surface area (Å²) in [4.78, 5) is 0. The molecule has 9 heavy (non-hydrogen) atoms. The first-order chi connectivity index (χ1) is 4.18. The van der Waals surface area contributed by atoms with Gasteiger partial charge in [0.15, 0.2) is 0 Å². The third-order valence-corrected chi connectivity index (χ3v) is 0.554. The van der Waals surface area contributed by atoms with E-state index in [0.717, 1.165) is 6.54 Å². The van der Waals surface area contributed by atoms with Gasteiger partial charge >= 0.3 is 0 Å². The SMILES string of the molecule is CC(C)=NO.CCNC. The normalized spacial score (nSPS) is 7.11. The maximum atomic E-state index is 7.73. The summed E-state index contributed by atoms with van der Waals surface area (Å²) in [6.45, 7) is 6.58. The van der Waals surface area contributed by atoms with E-state index in [1.54, 1.807) is 13.8 Å². The van der Waals surface area contributed by atoms with Crippen LogP contribution in [0.2, 0.25) is 0 Å². The molecule has 0 atom stereocenters. The van der Waals surface area contributed by atoms with Crippen LogP contribution in [0.1, 0.15) is 20.8 Å². The lowest BCUT2D eigenvalue weighted by molar-refractivity contribution is 0.318. The molecule has 3 nitrogen and oxygen atoms in total. The fourth-order valence-electron chi connectivity index (χ4n) is 0. The monoisotopic (exact) mass is 132 g/mol. The molecule has 0 aromatic rings. The molecule has 3 heteroatoms. The highest BCUT2D eigenvalue weighted by Gasteiger charge is 1.65. The Bertz CT molecular complexity index is 65.5. The van der Waals surface area contributed by atoms with Gasteiger partial charge in [-0.15, -0.1) is 0 Å². The van der Waals surface area contributed by atoms with Gasteiger partial charge in [0, 0.05) is 0 Å². The van der Waals surface area contributed by atoms with E-state index in [9.17, 15) is 0 Å². The minimum Gasteiger partial charge on any atom is -0.411 e. The van der Waals surface area contributed by atoms with Crippen molar-refractivity contribution in [1.29, 1.82) is 0 Å². The number of oxime groups is 1. The van der Waals surface area contributed by atoms with Crippen molar-refractivity contribution in [2.75, 3.05) is 13.6 Å². The molecule has 0 aromatic heterocycles. The first-order valence-corrected chi connectivity index (χ1v) is 2.98. The van der Waals surface area contributed by atoms with Crippen molar-refractivity contribution in [3.05, 3.63) is 0 Å². The summed E-state index contributed by atoms with van der Waals surface area (Å²) in [7, 11) is 1.93. The second kappa shape index (κ2) is 10.4. The predicted molar refractivity (Wildman–Crippen MR) is 40.2 cm³/mol. The van der Waals surface area contributed by atoms with Crippen LogP contribution in [0.25, 0.3) is 0 Å². The van der Waals surface area contributed by atoms with Crippen LogP contribution in [0, 0.1) is 0 Å². The molecule has 0 fully saturated rings. The highest BCUT2D eigenvalue weighted by molar-refractivity contribution is 5.78. The maximum absolute atomic E-state index is 7.73. The zero-order chi connectivity index (χ0) is 7.70. The first-order valence-electron chi connectivity index (χ1n) is 2.98. The van der Waals surface area contributed by atoms with Gasteiger partial charge in [-0.2, -0.15) is 0 Å². The Morgan fingerprint density at radius 1 is 1.56 bits per heavy atom. The summed E-state index contributed by atoms with van der Waals surface area (Å²) < 4.78 is 0. The largest absolute Gasteiger partial charge is 0.411 e. The van der Waals surface area contributed by atoms with Crippen molar-refractivity contribution in [3.8, 4) is 0 Å². The van der Waals surface area contributed by atoms with E-state index in [0.29, 0.717) is 5.71 Å². The van der Waals surface area contributed by atoms with Crippen LogP contribution in [0.3, 0.4) is 0 Å². The molecule has 2 N–H and O–H groups in total. The molecular formula is C6H16N2O. The Hall–Kier alpha value is -0.570. The van der Waals surface area contributed by atoms with Crippen LogP contribution in [0.4, 0.5) is 0 Å². The zero-order valence-electron chi connectivity index (χ0n) is 6.60. The van der Waals surface area contributed by atoms with E-state index in [2.05, 4.69) is 17.4 Å². The van der Waals surface area contributed by atoms with Crippen molar-refractivity contribution in [2.45, 2.75) is 20.8 Å². The fourth-order valence-corrected chi connectivity index (χ4v) is 0. The highest BCUT2D eigenvalue weighted by atomic mass is 16.4. The molecule has 0 rings (SSSR count). The van der Waals surface area contributed by atoms with Gasteiger partial charge in [-0.25, -0.2) is 0 Å². The van der Waals surface area contributed by atoms with E-state index in [1.807, 2.05) is 7.05 Å². The molecule has 0 spiro atoms. The van der Waals surface area contributed by atoms with Crippen LogP contribution in [-0.4, -0.2) is 24.5 Å². The lowest BCUT2D eigenvalue weighted by atomic mass is 10.5. The van der Waals surface area contributed by atoms with E-state index in [1.165, 1.54) is 0 Å². The molecule has 0 saturated carbocycles. The Morgan fingerprint density at radius 3 is 1.78 bits per heavy atom. The summed E-state index contributed by atoms with van der Waals surface area (Å²) in [6, 6.07) is 0. The summed E-state index contributed by atoms with van der Waals surface area (Å²) in [5.41, 5.74) is 0.685. The molecule has 0 saturated heterocycles. The molecule has 0 unspecified atom stereocenters. The Labute approximate surface area is 56.8 Å². The summed E-state index contributed by atoms with van der Waals surface area (Å²) in [6.07, 6.45) is 0. The van der Waals surface area contributed by atoms with Gasteiger partial charge in [0.25, 0.3) is 0 Å². The van der Waals surface area contributed by atoms with E-state index >= 15 is 0 Å². The number of nitrogens with zero attached hydrogens (tertiary/aromatic N) is 1. The molecule has 0 amide bonds. The van der Waals surface area contributed by atoms with E-state index in [-0.39, 0.29) is 0 Å². The average Bonchev–Trinajstić information content (AvgIpc) is 1.89.